The lowest BCUT2D eigenvalue weighted by Gasteiger charge is -2.43. The molecule has 3 nitrogen and oxygen atoms in total. The highest BCUT2D eigenvalue weighted by Crippen LogP contribution is 2.37. The van der Waals surface area contributed by atoms with Gasteiger partial charge in [0.1, 0.15) is 0 Å². The lowest BCUT2D eigenvalue weighted by Crippen LogP contribution is -2.66. The number of hydrogen-bond acceptors (Lipinski definition) is 3. The molecule has 27 heavy (non-hydrogen) atoms. The summed E-state index contributed by atoms with van der Waals surface area (Å²) in [6.45, 7) is 9.59. The van der Waals surface area contributed by atoms with E-state index in [9.17, 15) is 10.2 Å². The molecule has 0 saturated carbocycles. The predicted octanol–water partition coefficient (Wildman–Crippen LogP) is 3.19. The number of aliphatic hydroxyl groups excluding tert-OH is 2. The Morgan fingerprint density at radius 1 is 0.852 bits per heavy atom. The number of aliphatic hydroxyl groups is 2. The van der Waals surface area contributed by atoms with Crippen LogP contribution in [0.2, 0.25) is 5.04 Å². The summed E-state index contributed by atoms with van der Waals surface area (Å²) in [5, 5.41) is 21.3. The van der Waals surface area contributed by atoms with Crippen LogP contribution in [0.1, 0.15) is 34.1 Å². The van der Waals surface area contributed by atoms with Crippen LogP contribution in [0.4, 0.5) is 0 Å². The van der Waals surface area contributed by atoms with Crippen molar-refractivity contribution in [3.05, 3.63) is 60.7 Å². The third kappa shape index (κ3) is 5.08. The second-order valence-electron chi connectivity index (χ2n) is 8.55. The molecule has 148 valence electrons. The summed E-state index contributed by atoms with van der Waals surface area (Å²) in [4.78, 5) is 0. The monoisotopic (exact) mass is 386 g/mol. The van der Waals surface area contributed by atoms with E-state index in [1.165, 1.54) is 10.4 Å². The van der Waals surface area contributed by atoms with Gasteiger partial charge in [-0.2, -0.15) is 0 Å². The maximum absolute atomic E-state index is 9.40. The van der Waals surface area contributed by atoms with E-state index in [-0.39, 0.29) is 30.1 Å². The van der Waals surface area contributed by atoms with Gasteiger partial charge in [-0.1, -0.05) is 88.4 Å². The van der Waals surface area contributed by atoms with Crippen LogP contribution in [0.5, 0.6) is 0 Å². The third-order valence-corrected chi connectivity index (χ3v) is 10.3. The molecular formula is C23H34O3Si. The first-order valence-corrected chi connectivity index (χ1v) is 11.7. The first kappa shape index (κ1) is 21.8. The van der Waals surface area contributed by atoms with Crippen LogP contribution in [0, 0.1) is 11.8 Å². The summed E-state index contributed by atoms with van der Waals surface area (Å²) in [5.74, 6) is 0.179. The molecule has 0 aromatic heterocycles. The Kier molecular flexibility index (Phi) is 7.80. The van der Waals surface area contributed by atoms with Crippen molar-refractivity contribution >= 4 is 18.7 Å². The second-order valence-corrected chi connectivity index (χ2v) is 12.9. The molecule has 0 fully saturated rings. The minimum atomic E-state index is -2.51. The van der Waals surface area contributed by atoms with Crippen molar-refractivity contribution < 1.29 is 14.6 Å². The van der Waals surface area contributed by atoms with Crippen LogP contribution >= 0.6 is 0 Å². The van der Waals surface area contributed by atoms with Crippen molar-refractivity contribution in [2.24, 2.45) is 11.8 Å². The van der Waals surface area contributed by atoms with Crippen LogP contribution in [-0.4, -0.2) is 38.4 Å². The van der Waals surface area contributed by atoms with Crippen LogP contribution in [0.25, 0.3) is 0 Å². The van der Waals surface area contributed by atoms with Gasteiger partial charge < -0.3 is 14.6 Å². The summed E-state index contributed by atoms with van der Waals surface area (Å²) in [7, 11) is -2.51. The molecule has 1 atom stereocenters. The molecule has 0 spiro atoms. The Bertz CT molecular complexity index is 624. The topological polar surface area (TPSA) is 49.7 Å². The van der Waals surface area contributed by atoms with Crippen LogP contribution in [0.15, 0.2) is 60.7 Å². The summed E-state index contributed by atoms with van der Waals surface area (Å²) in [6, 6.07) is 21.2. The smallest absolute Gasteiger partial charge is 0.261 e. The van der Waals surface area contributed by atoms with Gasteiger partial charge >= 0.3 is 0 Å². The average Bonchev–Trinajstić information content (AvgIpc) is 2.67. The SMILES string of the molecule is C[C@@H](CO[Si](c1ccccc1)(c1ccccc1)C(C)(C)C)CC(CO)CO. The van der Waals surface area contributed by atoms with Crippen LogP contribution < -0.4 is 10.4 Å². The van der Waals surface area contributed by atoms with Gasteiger partial charge in [0, 0.05) is 25.7 Å². The lowest BCUT2D eigenvalue weighted by atomic mass is 9.98. The van der Waals surface area contributed by atoms with E-state index in [1.54, 1.807) is 0 Å². The quantitative estimate of drug-likeness (QED) is 0.651. The fourth-order valence-electron chi connectivity index (χ4n) is 3.87. The van der Waals surface area contributed by atoms with E-state index in [0.29, 0.717) is 6.61 Å². The Balaban J connectivity index is 2.41. The third-order valence-electron chi connectivity index (χ3n) is 5.25. The summed E-state index contributed by atoms with van der Waals surface area (Å²) in [5.41, 5.74) is 0. The van der Waals surface area contributed by atoms with Crippen molar-refractivity contribution in [2.45, 2.75) is 39.2 Å². The van der Waals surface area contributed by atoms with Gasteiger partial charge in [-0.25, -0.2) is 0 Å². The first-order chi connectivity index (χ1) is 12.8. The molecule has 0 aliphatic heterocycles. The number of rotatable bonds is 9. The van der Waals surface area contributed by atoms with Crippen molar-refractivity contribution in [3.8, 4) is 0 Å². The maximum atomic E-state index is 9.40. The normalized spacial score (nSPS) is 13.7. The molecule has 2 aromatic carbocycles. The maximum Gasteiger partial charge on any atom is 0.261 e. The molecule has 0 radical (unpaired) electrons. The molecule has 4 heteroatoms. The van der Waals surface area contributed by atoms with Gasteiger partial charge in [0.15, 0.2) is 0 Å². The summed E-state index contributed by atoms with van der Waals surface area (Å²) < 4.78 is 6.89. The minimum absolute atomic E-state index is 0.0139. The Morgan fingerprint density at radius 2 is 1.30 bits per heavy atom. The van der Waals surface area contributed by atoms with E-state index in [1.807, 2.05) is 12.1 Å². The molecule has 0 amide bonds. The van der Waals surface area contributed by atoms with Crippen LogP contribution in [-0.2, 0) is 4.43 Å². The van der Waals surface area contributed by atoms with Gasteiger partial charge in [-0.05, 0) is 27.8 Å². The van der Waals surface area contributed by atoms with Crippen molar-refractivity contribution in [2.75, 3.05) is 19.8 Å². The second kappa shape index (κ2) is 9.65. The van der Waals surface area contributed by atoms with Gasteiger partial charge in [-0.15, -0.1) is 0 Å². The average molecular weight is 387 g/mol. The van der Waals surface area contributed by atoms with E-state index < -0.39 is 8.32 Å². The molecule has 0 unspecified atom stereocenters. The largest absolute Gasteiger partial charge is 0.407 e. The van der Waals surface area contributed by atoms with E-state index in [2.05, 4.69) is 76.2 Å². The van der Waals surface area contributed by atoms with Crippen molar-refractivity contribution in [1.29, 1.82) is 0 Å². The predicted molar refractivity (Wildman–Crippen MR) is 115 cm³/mol. The number of hydrogen-bond donors (Lipinski definition) is 2. The Labute approximate surface area is 165 Å². The lowest BCUT2D eigenvalue weighted by molar-refractivity contribution is 0.119. The first-order valence-electron chi connectivity index (χ1n) is 9.82. The van der Waals surface area contributed by atoms with Gasteiger partial charge in [-0.3, -0.25) is 0 Å². The molecule has 0 heterocycles. The zero-order valence-corrected chi connectivity index (χ0v) is 18.1. The molecule has 0 aliphatic carbocycles. The Morgan fingerprint density at radius 3 is 1.67 bits per heavy atom. The molecular weight excluding hydrogens is 352 g/mol. The minimum Gasteiger partial charge on any atom is -0.407 e. The zero-order chi connectivity index (χ0) is 19.9. The zero-order valence-electron chi connectivity index (χ0n) is 17.1. The molecule has 2 aromatic rings. The van der Waals surface area contributed by atoms with E-state index >= 15 is 0 Å². The number of benzene rings is 2. The van der Waals surface area contributed by atoms with Gasteiger partial charge in [0.2, 0.25) is 0 Å². The Hall–Kier alpha value is -1.46. The molecule has 0 aliphatic rings. The van der Waals surface area contributed by atoms with Crippen molar-refractivity contribution in [1.82, 2.24) is 0 Å². The highest BCUT2D eigenvalue weighted by Gasteiger charge is 2.50. The summed E-state index contributed by atoms with van der Waals surface area (Å²) in [6.07, 6.45) is 0.755. The summed E-state index contributed by atoms with van der Waals surface area (Å²) >= 11 is 0. The van der Waals surface area contributed by atoms with E-state index in [4.69, 9.17) is 4.43 Å². The van der Waals surface area contributed by atoms with Gasteiger partial charge in [0.25, 0.3) is 8.32 Å². The molecule has 0 saturated heterocycles. The van der Waals surface area contributed by atoms with Gasteiger partial charge in [0.05, 0.1) is 0 Å². The van der Waals surface area contributed by atoms with Crippen molar-refractivity contribution in [3.63, 3.8) is 0 Å². The molecule has 2 rings (SSSR count). The highest BCUT2D eigenvalue weighted by molar-refractivity contribution is 6.99. The molecule has 2 N–H and O–H groups in total. The fraction of sp³-hybridized carbons (Fsp3) is 0.478. The molecule has 0 bridgehead atoms. The van der Waals surface area contributed by atoms with E-state index in [0.717, 1.165) is 6.42 Å². The fourth-order valence-corrected chi connectivity index (χ4v) is 8.56. The van der Waals surface area contributed by atoms with Crippen LogP contribution in [0.3, 0.4) is 0 Å². The highest BCUT2D eigenvalue weighted by atomic mass is 28.4. The standard InChI is InChI=1S/C23H34O3Si/c1-19(15-20(16-24)17-25)18-26-27(23(2,3)4,21-11-7-5-8-12-21)22-13-9-6-10-14-22/h5-14,19-20,24-25H,15-18H2,1-4H3/t19-/m1/s1.